The summed E-state index contributed by atoms with van der Waals surface area (Å²) < 4.78 is 10.9. The lowest BCUT2D eigenvalue weighted by Gasteiger charge is -2.36. The van der Waals surface area contributed by atoms with E-state index in [-0.39, 0.29) is 23.4 Å². The molecule has 0 aliphatic heterocycles. The molecule has 0 bridgehead atoms. The summed E-state index contributed by atoms with van der Waals surface area (Å²) >= 11 is 2.96. The maximum absolute atomic E-state index is 15.1. The largest absolute Gasteiger partial charge is 0.451 e. The van der Waals surface area contributed by atoms with Crippen molar-refractivity contribution in [3.05, 3.63) is 287 Å². The van der Waals surface area contributed by atoms with Crippen molar-refractivity contribution < 1.29 is 28.7 Å². The van der Waals surface area contributed by atoms with Crippen molar-refractivity contribution >= 4 is 47.4 Å². The predicted molar refractivity (Wildman–Crippen MR) is 288 cm³/mol. The lowest BCUT2D eigenvalue weighted by Crippen LogP contribution is -2.56. The molecule has 0 aliphatic rings. The van der Waals surface area contributed by atoms with E-state index in [0.29, 0.717) is 0 Å². The first-order valence-electron chi connectivity index (χ1n) is 23.7. The van der Waals surface area contributed by atoms with Crippen LogP contribution in [0.15, 0.2) is 243 Å². The third-order valence-electron chi connectivity index (χ3n) is 12.0. The van der Waals surface area contributed by atoms with Gasteiger partial charge < -0.3 is 25.4 Å². The van der Waals surface area contributed by atoms with E-state index in [9.17, 15) is 14.4 Å². The lowest BCUT2D eigenvalue weighted by molar-refractivity contribution is -0.147. The molecule has 0 spiro atoms. The van der Waals surface area contributed by atoms with Gasteiger partial charge in [0.2, 0.25) is 11.8 Å². The zero-order valence-electron chi connectivity index (χ0n) is 39.5. The number of rotatable bonds is 22. The molecule has 72 heavy (non-hydrogen) atoms. The molecule has 3 N–H and O–H groups in total. The van der Waals surface area contributed by atoms with Crippen LogP contribution in [-0.2, 0) is 35.2 Å². The van der Waals surface area contributed by atoms with Gasteiger partial charge in [-0.2, -0.15) is 0 Å². The number of carbonyl (C=O) groups excluding carboxylic acids is 4. The van der Waals surface area contributed by atoms with Gasteiger partial charge in [-0.1, -0.05) is 243 Å². The van der Waals surface area contributed by atoms with Gasteiger partial charge in [-0.05, 0) is 44.5 Å². The van der Waals surface area contributed by atoms with Crippen molar-refractivity contribution in [2.24, 2.45) is 0 Å². The summed E-state index contributed by atoms with van der Waals surface area (Å²) in [4.78, 5) is 57.3. The molecule has 11 heteroatoms. The Labute approximate surface area is 429 Å². The number of benzene rings is 8. The number of amides is 3. The quantitative estimate of drug-likeness (QED) is 0.0453. The average molecular weight is 990 g/mol. The fourth-order valence-electron chi connectivity index (χ4n) is 8.39. The summed E-state index contributed by atoms with van der Waals surface area (Å²) in [5.41, 5.74) is 7.23. The van der Waals surface area contributed by atoms with Crippen LogP contribution in [0.1, 0.15) is 55.9 Å². The van der Waals surface area contributed by atoms with Crippen molar-refractivity contribution in [2.45, 2.75) is 34.8 Å². The Kier molecular flexibility index (Phi) is 18.1. The van der Waals surface area contributed by atoms with E-state index in [2.05, 4.69) is 52.3 Å². The topological polar surface area (TPSA) is 123 Å². The van der Waals surface area contributed by atoms with Gasteiger partial charge in [0, 0.05) is 11.5 Å². The summed E-state index contributed by atoms with van der Waals surface area (Å²) in [7, 11) is 0. The first-order chi connectivity index (χ1) is 35.4. The SMILES string of the molecule is O=C(CNC(=O)[C@@H](CSC(c1ccccc1)c1ccccc1)NC(=O)[C@@H](CSC(c1ccccc1)(c1ccccc1)c1ccccc1)NC(=O)OCc1ccccc1)OC(c1ccccc1)c1ccccc1. The van der Waals surface area contributed by atoms with Crippen molar-refractivity contribution in [3.63, 3.8) is 0 Å². The number of nitrogens with one attached hydrogen (secondary N) is 3. The highest BCUT2D eigenvalue weighted by atomic mass is 32.2. The summed E-state index contributed by atoms with van der Waals surface area (Å²) in [6.07, 6.45) is -1.52. The minimum Gasteiger partial charge on any atom is -0.451 e. The number of hydrogen-bond acceptors (Lipinski definition) is 8. The fourth-order valence-corrected chi connectivity index (χ4v) is 11.3. The maximum atomic E-state index is 15.1. The van der Waals surface area contributed by atoms with Gasteiger partial charge in [0.1, 0.15) is 25.2 Å². The normalized spacial score (nSPS) is 12.0. The standard InChI is InChI=1S/C61H55N3O6S2/c65-55(70-56(46-27-11-2-12-28-46)47-29-13-3-14-30-47)41-62-58(66)53(43-71-57(48-31-15-4-16-32-48)49-33-17-5-18-34-49)63-59(67)54(64-60(68)69-42-45-25-9-1-10-26-45)44-72-61(50-35-19-6-20-36-50,51-37-21-7-22-38-51)52-39-23-8-24-40-52/h1-40,53-54,56-57H,41-44H2,(H,62,66)(H,63,67)(H,64,68)/t53-,54-/m1/s1. The fraction of sp³-hybridized carbons (Fsp3) is 0.148. The van der Waals surface area contributed by atoms with Crippen LogP contribution in [0.4, 0.5) is 4.79 Å². The van der Waals surface area contributed by atoms with E-state index in [1.165, 1.54) is 23.5 Å². The Morgan fingerprint density at radius 3 is 1.28 bits per heavy atom. The molecule has 8 aromatic rings. The Balaban J connectivity index is 1.10. The average Bonchev–Trinajstić information content (AvgIpc) is 3.45. The Morgan fingerprint density at radius 2 is 0.833 bits per heavy atom. The van der Waals surface area contributed by atoms with Gasteiger partial charge in [0.15, 0.2) is 6.10 Å². The first kappa shape index (κ1) is 50.5. The van der Waals surface area contributed by atoms with E-state index in [0.717, 1.165) is 44.5 Å². The van der Waals surface area contributed by atoms with E-state index in [1.807, 2.05) is 206 Å². The molecular formula is C61H55N3O6S2. The molecule has 3 amide bonds. The summed E-state index contributed by atoms with van der Waals surface area (Å²) in [6, 6.07) is 75.7. The van der Waals surface area contributed by atoms with E-state index in [4.69, 9.17) is 9.47 Å². The van der Waals surface area contributed by atoms with Crippen LogP contribution in [0.2, 0.25) is 0 Å². The van der Waals surface area contributed by atoms with Crippen LogP contribution in [0.25, 0.3) is 0 Å². The van der Waals surface area contributed by atoms with Gasteiger partial charge in [-0.3, -0.25) is 14.4 Å². The van der Waals surface area contributed by atoms with E-state index in [1.54, 1.807) is 0 Å². The molecule has 0 heterocycles. The minimum atomic E-state index is -1.21. The molecule has 0 saturated heterocycles. The van der Waals surface area contributed by atoms with Crippen LogP contribution < -0.4 is 16.0 Å². The molecule has 0 aromatic heterocycles. The number of thioether (sulfide) groups is 2. The van der Waals surface area contributed by atoms with E-state index >= 15 is 4.79 Å². The Bertz CT molecular complexity index is 2750. The highest BCUT2D eigenvalue weighted by molar-refractivity contribution is 8.00. The monoisotopic (exact) mass is 989 g/mol. The third kappa shape index (κ3) is 13.5. The highest BCUT2D eigenvalue weighted by Crippen LogP contribution is 2.48. The number of carbonyl (C=O) groups is 4. The predicted octanol–water partition coefficient (Wildman–Crippen LogP) is 11.5. The molecule has 0 radical (unpaired) electrons. The lowest BCUT2D eigenvalue weighted by atomic mass is 9.84. The summed E-state index contributed by atoms with van der Waals surface area (Å²) in [5.74, 6) is -1.74. The number of hydrogen-bond donors (Lipinski definition) is 3. The van der Waals surface area contributed by atoms with Gasteiger partial charge in [-0.25, -0.2) is 4.79 Å². The number of ether oxygens (including phenoxy) is 2. The second kappa shape index (κ2) is 25.8. The zero-order valence-corrected chi connectivity index (χ0v) is 41.1. The molecule has 0 unspecified atom stereocenters. The molecule has 8 rings (SSSR count). The summed E-state index contributed by atoms with van der Waals surface area (Å²) in [6.45, 7) is -0.492. The van der Waals surface area contributed by atoms with E-state index < -0.39 is 53.4 Å². The Morgan fingerprint density at radius 1 is 0.444 bits per heavy atom. The second-order valence-electron chi connectivity index (χ2n) is 16.9. The van der Waals surface area contributed by atoms with Crippen LogP contribution in [-0.4, -0.2) is 54.0 Å². The van der Waals surface area contributed by atoms with Crippen LogP contribution in [0, 0.1) is 0 Å². The molecule has 362 valence electrons. The number of alkyl carbamates (subject to hydrolysis) is 1. The van der Waals surface area contributed by atoms with Crippen molar-refractivity contribution in [1.82, 2.24) is 16.0 Å². The third-order valence-corrected chi connectivity index (χ3v) is 15.0. The first-order valence-corrected chi connectivity index (χ1v) is 25.8. The molecule has 8 aromatic carbocycles. The Hall–Kier alpha value is -7.86. The minimum absolute atomic E-state index is 0.0241. The maximum Gasteiger partial charge on any atom is 0.408 e. The number of esters is 1. The molecule has 0 aliphatic carbocycles. The zero-order chi connectivity index (χ0) is 49.8. The molecular weight excluding hydrogens is 935 g/mol. The van der Waals surface area contributed by atoms with Crippen LogP contribution in [0.5, 0.6) is 0 Å². The smallest absolute Gasteiger partial charge is 0.408 e. The van der Waals surface area contributed by atoms with Crippen molar-refractivity contribution in [2.75, 3.05) is 18.1 Å². The summed E-state index contributed by atoms with van der Waals surface area (Å²) in [5, 5.41) is 8.45. The highest BCUT2D eigenvalue weighted by Gasteiger charge is 2.39. The van der Waals surface area contributed by atoms with Gasteiger partial charge >= 0.3 is 12.1 Å². The van der Waals surface area contributed by atoms with Crippen molar-refractivity contribution in [1.29, 1.82) is 0 Å². The van der Waals surface area contributed by atoms with Gasteiger partial charge in [0.05, 0.1) is 10.00 Å². The van der Waals surface area contributed by atoms with Gasteiger partial charge in [0.25, 0.3) is 0 Å². The van der Waals surface area contributed by atoms with Crippen LogP contribution >= 0.6 is 23.5 Å². The van der Waals surface area contributed by atoms with Crippen LogP contribution in [0.3, 0.4) is 0 Å². The second-order valence-corrected chi connectivity index (χ2v) is 19.2. The molecule has 0 fully saturated rings. The molecule has 2 atom stereocenters. The van der Waals surface area contributed by atoms with Gasteiger partial charge in [-0.15, -0.1) is 23.5 Å². The van der Waals surface area contributed by atoms with Crippen molar-refractivity contribution in [3.8, 4) is 0 Å². The molecule has 0 saturated carbocycles. The molecule has 9 nitrogen and oxygen atoms in total.